The van der Waals surface area contributed by atoms with E-state index in [1.807, 2.05) is 6.92 Å². The van der Waals surface area contributed by atoms with Crippen LogP contribution in [0.1, 0.15) is 26.7 Å². The lowest BCUT2D eigenvalue weighted by Crippen LogP contribution is -2.50. The number of likely N-dealkylation sites (tertiary alicyclic amines) is 1. The van der Waals surface area contributed by atoms with E-state index in [1.165, 1.54) is 4.90 Å². The second kappa shape index (κ2) is 12.2. The minimum absolute atomic E-state index is 0. The summed E-state index contributed by atoms with van der Waals surface area (Å²) in [6, 6.07) is 0.230. The number of ether oxygens (including phenoxy) is 1. The maximum atomic E-state index is 11.7. The highest BCUT2D eigenvalue weighted by molar-refractivity contribution is 14.0. The smallest absolute Gasteiger partial charge is 0.409 e. The van der Waals surface area contributed by atoms with Crippen molar-refractivity contribution >= 4 is 41.9 Å². The van der Waals surface area contributed by atoms with E-state index in [0.717, 1.165) is 19.4 Å². The van der Waals surface area contributed by atoms with Gasteiger partial charge in [-0.1, -0.05) is 0 Å². The summed E-state index contributed by atoms with van der Waals surface area (Å²) in [6.07, 6.45) is 1.40. The molecular formula is C15H30IN5O3. The Morgan fingerprint density at radius 3 is 2.38 bits per heavy atom. The molecule has 1 saturated heterocycles. The van der Waals surface area contributed by atoms with Crippen molar-refractivity contribution in [1.82, 2.24) is 20.4 Å². The fourth-order valence-electron chi connectivity index (χ4n) is 2.22. The van der Waals surface area contributed by atoms with Crippen LogP contribution in [0.4, 0.5) is 4.79 Å². The van der Waals surface area contributed by atoms with Crippen molar-refractivity contribution in [2.45, 2.75) is 32.7 Å². The first-order valence-electron chi connectivity index (χ1n) is 8.14. The first-order valence-corrected chi connectivity index (χ1v) is 8.14. The topological polar surface area (TPSA) is 86.3 Å². The van der Waals surface area contributed by atoms with E-state index in [-0.39, 0.29) is 48.6 Å². The Morgan fingerprint density at radius 1 is 1.25 bits per heavy atom. The van der Waals surface area contributed by atoms with Crippen LogP contribution in [0.2, 0.25) is 0 Å². The molecule has 2 N–H and O–H groups in total. The summed E-state index contributed by atoms with van der Waals surface area (Å²) in [5.74, 6) is 0.594. The van der Waals surface area contributed by atoms with Crippen LogP contribution in [0.5, 0.6) is 0 Å². The van der Waals surface area contributed by atoms with Crippen LogP contribution in [0, 0.1) is 0 Å². The standard InChI is InChI=1S/C15H29N5O3.HI/c1-5-16-14(17-11-13(21)19(3)4)18-12-7-9-20(10-8-12)15(22)23-6-2;/h12H,5-11H2,1-4H3,(H2,16,17,18);1H. The van der Waals surface area contributed by atoms with Gasteiger partial charge < -0.3 is 25.2 Å². The number of amides is 2. The van der Waals surface area contributed by atoms with Gasteiger partial charge in [-0.05, 0) is 26.7 Å². The molecule has 8 nitrogen and oxygen atoms in total. The van der Waals surface area contributed by atoms with Crippen molar-refractivity contribution in [3.05, 3.63) is 0 Å². The molecule has 1 heterocycles. The Labute approximate surface area is 161 Å². The number of likely N-dealkylation sites (N-methyl/N-ethyl adjacent to an activating group) is 1. The molecule has 0 aromatic heterocycles. The molecule has 0 atom stereocenters. The number of carbonyl (C=O) groups is 2. The number of nitrogens with one attached hydrogen (secondary N) is 2. The Morgan fingerprint density at radius 2 is 1.88 bits per heavy atom. The first-order chi connectivity index (χ1) is 11.0. The van der Waals surface area contributed by atoms with Crippen molar-refractivity contribution in [1.29, 1.82) is 0 Å². The van der Waals surface area contributed by atoms with Gasteiger partial charge in [0.2, 0.25) is 5.91 Å². The highest BCUT2D eigenvalue weighted by atomic mass is 127. The molecular weight excluding hydrogens is 425 g/mol. The minimum Gasteiger partial charge on any atom is -0.450 e. The molecule has 140 valence electrons. The lowest BCUT2D eigenvalue weighted by Gasteiger charge is -2.32. The number of hydrogen-bond donors (Lipinski definition) is 2. The van der Waals surface area contributed by atoms with Gasteiger partial charge in [-0.2, -0.15) is 0 Å². The molecule has 0 aromatic rings. The van der Waals surface area contributed by atoms with E-state index in [1.54, 1.807) is 25.9 Å². The van der Waals surface area contributed by atoms with E-state index >= 15 is 0 Å². The molecule has 1 aliphatic heterocycles. The number of guanidine groups is 1. The second-order valence-corrected chi connectivity index (χ2v) is 5.59. The molecule has 0 spiro atoms. The Kier molecular flexibility index (Phi) is 11.5. The zero-order valence-electron chi connectivity index (χ0n) is 15.0. The summed E-state index contributed by atoms with van der Waals surface area (Å²) in [4.78, 5) is 30.9. The number of nitrogens with zero attached hydrogens (tertiary/aromatic N) is 3. The normalized spacial score (nSPS) is 15.3. The van der Waals surface area contributed by atoms with Crippen LogP contribution >= 0.6 is 24.0 Å². The van der Waals surface area contributed by atoms with Crippen molar-refractivity contribution in [3.63, 3.8) is 0 Å². The summed E-state index contributed by atoms with van der Waals surface area (Å²) < 4.78 is 5.01. The van der Waals surface area contributed by atoms with E-state index in [9.17, 15) is 9.59 Å². The largest absolute Gasteiger partial charge is 0.450 e. The molecule has 24 heavy (non-hydrogen) atoms. The molecule has 0 unspecified atom stereocenters. The van der Waals surface area contributed by atoms with Crippen LogP contribution in [-0.2, 0) is 9.53 Å². The average molecular weight is 455 g/mol. The van der Waals surface area contributed by atoms with Crippen molar-refractivity contribution < 1.29 is 14.3 Å². The highest BCUT2D eigenvalue weighted by Crippen LogP contribution is 2.11. The maximum Gasteiger partial charge on any atom is 0.409 e. The maximum absolute atomic E-state index is 11.7. The zero-order valence-corrected chi connectivity index (χ0v) is 17.3. The van der Waals surface area contributed by atoms with E-state index in [4.69, 9.17) is 4.74 Å². The molecule has 0 saturated carbocycles. The van der Waals surface area contributed by atoms with Gasteiger partial charge in [0.05, 0.1) is 6.61 Å². The molecule has 0 aromatic carbocycles. The summed E-state index contributed by atoms with van der Waals surface area (Å²) in [6.45, 7) is 6.34. The Hall–Kier alpha value is -1.26. The molecule has 1 aliphatic rings. The van der Waals surface area contributed by atoms with E-state index in [0.29, 0.717) is 25.7 Å². The van der Waals surface area contributed by atoms with Gasteiger partial charge in [0.1, 0.15) is 6.54 Å². The third-order valence-corrected chi connectivity index (χ3v) is 3.58. The van der Waals surface area contributed by atoms with Crippen molar-refractivity contribution in [3.8, 4) is 0 Å². The lowest BCUT2D eigenvalue weighted by molar-refractivity contribution is -0.127. The van der Waals surface area contributed by atoms with Crippen LogP contribution < -0.4 is 10.6 Å². The van der Waals surface area contributed by atoms with Crippen LogP contribution in [-0.4, -0.2) is 80.7 Å². The van der Waals surface area contributed by atoms with Crippen LogP contribution in [0.3, 0.4) is 0 Å². The van der Waals surface area contributed by atoms with E-state index < -0.39 is 0 Å². The molecule has 9 heteroatoms. The van der Waals surface area contributed by atoms with Gasteiger partial charge >= 0.3 is 6.09 Å². The fraction of sp³-hybridized carbons (Fsp3) is 0.800. The average Bonchev–Trinajstić information content (AvgIpc) is 2.53. The van der Waals surface area contributed by atoms with Gasteiger partial charge in [0, 0.05) is 39.8 Å². The minimum atomic E-state index is -0.247. The fourth-order valence-corrected chi connectivity index (χ4v) is 2.22. The number of carbonyl (C=O) groups excluding carboxylic acids is 2. The zero-order chi connectivity index (χ0) is 17.2. The Balaban J connectivity index is 0.00000529. The number of hydrogen-bond acceptors (Lipinski definition) is 4. The second-order valence-electron chi connectivity index (χ2n) is 5.59. The highest BCUT2D eigenvalue weighted by Gasteiger charge is 2.24. The summed E-state index contributed by atoms with van der Waals surface area (Å²) in [5, 5.41) is 6.47. The van der Waals surface area contributed by atoms with Gasteiger partial charge in [-0.25, -0.2) is 9.79 Å². The number of aliphatic imine (C=N–C) groups is 1. The quantitative estimate of drug-likeness (QED) is 0.365. The number of rotatable bonds is 5. The van der Waals surface area contributed by atoms with Crippen LogP contribution in [0.25, 0.3) is 0 Å². The van der Waals surface area contributed by atoms with E-state index in [2.05, 4.69) is 15.6 Å². The van der Waals surface area contributed by atoms with Crippen LogP contribution in [0.15, 0.2) is 4.99 Å². The summed E-state index contributed by atoms with van der Waals surface area (Å²) in [7, 11) is 3.42. The monoisotopic (exact) mass is 455 g/mol. The molecule has 1 fully saturated rings. The SMILES string of the molecule is CCNC(=NCC(=O)N(C)C)NC1CCN(C(=O)OCC)CC1.I. The lowest BCUT2D eigenvalue weighted by atomic mass is 10.1. The van der Waals surface area contributed by atoms with Crippen molar-refractivity contribution in [2.75, 3.05) is 46.9 Å². The third kappa shape index (κ3) is 8.02. The molecule has 0 bridgehead atoms. The summed E-state index contributed by atoms with van der Waals surface area (Å²) in [5.41, 5.74) is 0. The van der Waals surface area contributed by atoms with Gasteiger partial charge in [-0.15, -0.1) is 24.0 Å². The van der Waals surface area contributed by atoms with Gasteiger partial charge in [-0.3, -0.25) is 4.79 Å². The van der Waals surface area contributed by atoms with Gasteiger partial charge in [0.15, 0.2) is 5.96 Å². The molecule has 0 radical (unpaired) electrons. The predicted molar refractivity (Wildman–Crippen MR) is 105 cm³/mol. The number of halogens is 1. The Bertz CT molecular complexity index is 423. The molecule has 1 rings (SSSR count). The summed E-state index contributed by atoms with van der Waals surface area (Å²) >= 11 is 0. The third-order valence-electron chi connectivity index (χ3n) is 3.58. The van der Waals surface area contributed by atoms with Gasteiger partial charge in [0.25, 0.3) is 0 Å². The predicted octanol–water partition coefficient (Wildman–Crippen LogP) is 0.869. The molecule has 0 aliphatic carbocycles. The number of piperidine rings is 1. The first kappa shape index (κ1) is 22.7. The van der Waals surface area contributed by atoms with Crippen molar-refractivity contribution in [2.24, 2.45) is 4.99 Å². The molecule has 2 amide bonds.